The molecule has 0 aliphatic carbocycles. The Balaban J connectivity index is 2.51. The number of nitrogens with zero attached hydrogens (tertiary/aromatic N) is 2. The molecule has 2 aromatic carbocycles. The highest BCUT2D eigenvalue weighted by molar-refractivity contribution is 6.12. The van der Waals surface area contributed by atoms with Crippen molar-refractivity contribution in [3.8, 4) is 0 Å². The van der Waals surface area contributed by atoms with Gasteiger partial charge in [-0.25, -0.2) is 0 Å². The van der Waals surface area contributed by atoms with Crippen molar-refractivity contribution in [1.82, 2.24) is 0 Å². The van der Waals surface area contributed by atoms with Crippen LogP contribution in [-0.2, 0) is 0 Å². The molecule has 0 bridgehead atoms. The lowest BCUT2D eigenvalue weighted by Gasteiger charge is -2.21. The number of para-hydroxylation sites is 1. The number of nitrogen functional groups attached to an aromatic ring is 1. The molecule has 0 spiro atoms. The van der Waals surface area contributed by atoms with Gasteiger partial charge in [0.25, 0.3) is 11.6 Å². The van der Waals surface area contributed by atoms with E-state index in [1.165, 1.54) is 23.1 Å². The first-order valence-electron chi connectivity index (χ1n) is 6.46. The molecule has 2 N–H and O–H groups in total. The van der Waals surface area contributed by atoms with Crippen molar-refractivity contribution in [2.24, 2.45) is 0 Å². The molecule has 0 saturated heterocycles. The number of amides is 1. The van der Waals surface area contributed by atoms with E-state index in [0.29, 0.717) is 12.2 Å². The van der Waals surface area contributed by atoms with Gasteiger partial charge >= 0.3 is 0 Å². The van der Waals surface area contributed by atoms with Gasteiger partial charge in [0.1, 0.15) is 5.56 Å². The summed E-state index contributed by atoms with van der Waals surface area (Å²) in [7, 11) is 0. The maximum absolute atomic E-state index is 12.7. The summed E-state index contributed by atoms with van der Waals surface area (Å²) in [5.74, 6) is -0.478. The van der Waals surface area contributed by atoms with Crippen LogP contribution in [0.2, 0.25) is 0 Å². The zero-order chi connectivity index (χ0) is 15.4. The Bertz CT molecular complexity index is 671. The largest absolute Gasteiger partial charge is 0.398 e. The topological polar surface area (TPSA) is 89.5 Å². The number of hydrogen-bond donors (Lipinski definition) is 1. The average molecular weight is 285 g/mol. The van der Waals surface area contributed by atoms with Gasteiger partial charge in [0.05, 0.1) is 10.6 Å². The second-order valence-corrected chi connectivity index (χ2v) is 4.38. The number of benzene rings is 2. The van der Waals surface area contributed by atoms with Crippen LogP contribution in [0.15, 0.2) is 48.5 Å². The Morgan fingerprint density at radius 2 is 1.86 bits per heavy atom. The second-order valence-electron chi connectivity index (χ2n) is 4.38. The Labute approximate surface area is 121 Å². The molecule has 0 fully saturated rings. The molecule has 108 valence electrons. The van der Waals surface area contributed by atoms with Crippen molar-refractivity contribution < 1.29 is 9.72 Å². The predicted molar refractivity (Wildman–Crippen MR) is 81.3 cm³/mol. The summed E-state index contributed by atoms with van der Waals surface area (Å²) in [5.41, 5.74) is 6.19. The van der Waals surface area contributed by atoms with Gasteiger partial charge in [-0.2, -0.15) is 0 Å². The standard InChI is InChI=1S/C15H15N3O3/c1-2-17(11-7-4-3-5-8-11)15(19)14-12(16)9-6-10-13(14)18(20)21/h3-10H,2,16H2,1H3. The first-order valence-corrected chi connectivity index (χ1v) is 6.46. The minimum atomic E-state index is -0.595. The molecule has 0 aliphatic rings. The highest BCUT2D eigenvalue weighted by Gasteiger charge is 2.27. The molecule has 21 heavy (non-hydrogen) atoms. The summed E-state index contributed by atoms with van der Waals surface area (Å²) in [6.07, 6.45) is 0. The molecule has 0 aliphatic heterocycles. The van der Waals surface area contributed by atoms with Crippen LogP contribution in [0.25, 0.3) is 0 Å². The van der Waals surface area contributed by atoms with Crippen molar-refractivity contribution >= 4 is 23.0 Å². The third kappa shape index (κ3) is 2.84. The van der Waals surface area contributed by atoms with E-state index in [9.17, 15) is 14.9 Å². The molecule has 0 aromatic heterocycles. The number of hydrogen-bond acceptors (Lipinski definition) is 4. The van der Waals surface area contributed by atoms with E-state index in [2.05, 4.69) is 0 Å². The maximum atomic E-state index is 12.7. The number of nitrogens with two attached hydrogens (primary N) is 1. The molecule has 0 radical (unpaired) electrons. The zero-order valence-corrected chi connectivity index (χ0v) is 11.5. The van der Waals surface area contributed by atoms with Crippen LogP contribution in [0.4, 0.5) is 17.1 Å². The van der Waals surface area contributed by atoms with E-state index < -0.39 is 10.8 Å². The van der Waals surface area contributed by atoms with Crippen LogP contribution in [0.5, 0.6) is 0 Å². The van der Waals surface area contributed by atoms with Crippen molar-refractivity contribution in [2.45, 2.75) is 6.92 Å². The van der Waals surface area contributed by atoms with Gasteiger partial charge in [0.2, 0.25) is 0 Å². The summed E-state index contributed by atoms with van der Waals surface area (Å²) in [6.45, 7) is 2.18. The molecule has 0 saturated carbocycles. The van der Waals surface area contributed by atoms with Gasteiger partial charge in [0.15, 0.2) is 0 Å². The van der Waals surface area contributed by atoms with Gasteiger partial charge in [-0.05, 0) is 25.1 Å². The quantitative estimate of drug-likeness (QED) is 0.531. The van der Waals surface area contributed by atoms with Gasteiger partial charge in [-0.3, -0.25) is 14.9 Å². The summed E-state index contributed by atoms with van der Waals surface area (Å²) in [4.78, 5) is 24.6. The summed E-state index contributed by atoms with van der Waals surface area (Å²) in [6, 6.07) is 13.2. The van der Waals surface area contributed by atoms with E-state index >= 15 is 0 Å². The van der Waals surface area contributed by atoms with Gasteiger partial charge in [-0.1, -0.05) is 24.3 Å². The average Bonchev–Trinajstić information content (AvgIpc) is 2.48. The maximum Gasteiger partial charge on any atom is 0.284 e. The van der Waals surface area contributed by atoms with E-state index in [1.54, 1.807) is 31.2 Å². The highest BCUT2D eigenvalue weighted by atomic mass is 16.6. The van der Waals surface area contributed by atoms with E-state index in [0.717, 1.165) is 0 Å². The van der Waals surface area contributed by atoms with Gasteiger partial charge in [0, 0.05) is 18.3 Å². The van der Waals surface area contributed by atoms with Crippen LogP contribution in [0.1, 0.15) is 17.3 Å². The minimum absolute atomic E-state index is 0.0757. The Morgan fingerprint density at radius 1 is 1.19 bits per heavy atom. The predicted octanol–water partition coefficient (Wildman–Crippen LogP) is 2.84. The second kappa shape index (κ2) is 6.04. The van der Waals surface area contributed by atoms with Crippen molar-refractivity contribution in [1.29, 1.82) is 0 Å². The number of carbonyl (C=O) groups excluding carboxylic acids is 1. The van der Waals surface area contributed by atoms with Crippen molar-refractivity contribution in [3.05, 3.63) is 64.2 Å². The monoisotopic (exact) mass is 285 g/mol. The fourth-order valence-corrected chi connectivity index (χ4v) is 2.13. The molecule has 2 aromatic rings. The van der Waals surface area contributed by atoms with Gasteiger partial charge < -0.3 is 10.6 Å². The van der Waals surface area contributed by atoms with Crippen molar-refractivity contribution in [3.63, 3.8) is 0 Å². The molecule has 1 amide bonds. The van der Waals surface area contributed by atoms with Crippen LogP contribution in [0, 0.1) is 10.1 Å². The van der Waals surface area contributed by atoms with Crippen LogP contribution in [-0.4, -0.2) is 17.4 Å². The Morgan fingerprint density at radius 3 is 2.43 bits per heavy atom. The molecule has 0 unspecified atom stereocenters. The normalized spacial score (nSPS) is 10.1. The van der Waals surface area contributed by atoms with E-state index in [4.69, 9.17) is 5.73 Å². The summed E-state index contributed by atoms with van der Waals surface area (Å²) < 4.78 is 0. The Kier molecular flexibility index (Phi) is 4.18. The van der Waals surface area contributed by atoms with Gasteiger partial charge in [-0.15, -0.1) is 0 Å². The number of nitro groups is 1. The lowest BCUT2D eigenvalue weighted by atomic mass is 10.1. The first kappa shape index (κ1) is 14.5. The highest BCUT2D eigenvalue weighted by Crippen LogP contribution is 2.27. The molecule has 0 atom stereocenters. The molecule has 6 heteroatoms. The molecule has 0 heterocycles. The third-order valence-electron chi connectivity index (χ3n) is 3.11. The Hall–Kier alpha value is -2.89. The van der Waals surface area contributed by atoms with Crippen LogP contribution >= 0.6 is 0 Å². The van der Waals surface area contributed by atoms with Crippen molar-refractivity contribution in [2.75, 3.05) is 17.2 Å². The van der Waals surface area contributed by atoms with E-state index in [1.807, 2.05) is 6.07 Å². The number of anilines is 2. The first-order chi connectivity index (χ1) is 10.1. The minimum Gasteiger partial charge on any atom is -0.398 e. The number of rotatable bonds is 4. The molecular weight excluding hydrogens is 270 g/mol. The third-order valence-corrected chi connectivity index (χ3v) is 3.11. The summed E-state index contributed by atoms with van der Waals surface area (Å²) >= 11 is 0. The van der Waals surface area contributed by atoms with Crippen LogP contribution < -0.4 is 10.6 Å². The molecular formula is C15H15N3O3. The van der Waals surface area contributed by atoms with E-state index in [-0.39, 0.29) is 16.9 Å². The lowest BCUT2D eigenvalue weighted by Crippen LogP contribution is -2.31. The fraction of sp³-hybridized carbons (Fsp3) is 0.133. The fourth-order valence-electron chi connectivity index (χ4n) is 2.13. The smallest absolute Gasteiger partial charge is 0.284 e. The lowest BCUT2D eigenvalue weighted by molar-refractivity contribution is -0.385. The zero-order valence-electron chi connectivity index (χ0n) is 11.5. The SMILES string of the molecule is CCN(C(=O)c1c(N)cccc1[N+](=O)[O-])c1ccccc1. The number of carbonyl (C=O) groups is 1. The molecule has 2 rings (SSSR count). The summed E-state index contributed by atoms with van der Waals surface area (Å²) in [5, 5.41) is 11.1. The molecule has 6 nitrogen and oxygen atoms in total. The van der Waals surface area contributed by atoms with Crippen LogP contribution in [0.3, 0.4) is 0 Å². The number of nitro benzene ring substituents is 1.